The summed E-state index contributed by atoms with van der Waals surface area (Å²) < 4.78 is 17.2. The van der Waals surface area contributed by atoms with Crippen molar-refractivity contribution >= 4 is 5.82 Å². The highest BCUT2D eigenvalue weighted by Crippen LogP contribution is 2.21. The molecular formula is C10H9FN2O. The SMILES string of the molecule is Nc1cc(-c2ccc(CF)cc2)on1. The maximum absolute atomic E-state index is 12.2. The topological polar surface area (TPSA) is 52.0 Å². The van der Waals surface area contributed by atoms with Gasteiger partial charge in [0.2, 0.25) is 0 Å². The molecule has 14 heavy (non-hydrogen) atoms. The van der Waals surface area contributed by atoms with Crippen LogP contribution in [-0.4, -0.2) is 5.16 Å². The van der Waals surface area contributed by atoms with Crippen LogP contribution in [0.3, 0.4) is 0 Å². The van der Waals surface area contributed by atoms with Crippen molar-refractivity contribution in [3.8, 4) is 11.3 Å². The van der Waals surface area contributed by atoms with Crippen LogP contribution in [0.5, 0.6) is 0 Å². The molecule has 0 spiro atoms. The molecule has 0 saturated heterocycles. The van der Waals surface area contributed by atoms with E-state index in [0.29, 0.717) is 17.1 Å². The van der Waals surface area contributed by atoms with Crippen molar-refractivity contribution in [1.29, 1.82) is 0 Å². The van der Waals surface area contributed by atoms with E-state index in [9.17, 15) is 4.39 Å². The molecule has 0 aliphatic rings. The molecule has 1 aromatic heterocycles. The highest BCUT2D eigenvalue weighted by Gasteiger charge is 2.03. The Labute approximate surface area is 80.3 Å². The van der Waals surface area contributed by atoms with Gasteiger partial charge in [-0.1, -0.05) is 29.4 Å². The molecule has 0 amide bonds. The predicted molar refractivity (Wildman–Crippen MR) is 51.2 cm³/mol. The number of hydrogen-bond acceptors (Lipinski definition) is 3. The minimum atomic E-state index is -0.460. The van der Waals surface area contributed by atoms with E-state index in [4.69, 9.17) is 10.3 Å². The Morgan fingerprint density at radius 2 is 2.00 bits per heavy atom. The van der Waals surface area contributed by atoms with E-state index in [0.717, 1.165) is 5.56 Å². The van der Waals surface area contributed by atoms with Gasteiger partial charge < -0.3 is 10.3 Å². The van der Waals surface area contributed by atoms with Crippen LogP contribution in [0.25, 0.3) is 11.3 Å². The minimum Gasteiger partial charge on any atom is -0.381 e. The van der Waals surface area contributed by atoms with Gasteiger partial charge in [0.05, 0.1) is 0 Å². The maximum Gasteiger partial charge on any atom is 0.169 e. The van der Waals surface area contributed by atoms with Gasteiger partial charge in [0.25, 0.3) is 0 Å². The average Bonchev–Trinajstić information content (AvgIpc) is 2.65. The Kier molecular flexibility index (Phi) is 2.18. The normalized spacial score (nSPS) is 10.4. The number of benzene rings is 1. The van der Waals surface area contributed by atoms with Crippen LogP contribution in [0.15, 0.2) is 34.9 Å². The van der Waals surface area contributed by atoms with E-state index in [1.54, 1.807) is 30.3 Å². The summed E-state index contributed by atoms with van der Waals surface area (Å²) in [4.78, 5) is 0. The lowest BCUT2D eigenvalue weighted by molar-refractivity contribution is 0.435. The van der Waals surface area contributed by atoms with Gasteiger partial charge >= 0.3 is 0 Å². The van der Waals surface area contributed by atoms with E-state index in [2.05, 4.69) is 5.16 Å². The lowest BCUT2D eigenvalue weighted by atomic mass is 10.1. The molecule has 0 saturated carbocycles. The summed E-state index contributed by atoms with van der Waals surface area (Å²) in [6, 6.07) is 8.58. The maximum atomic E-state index is 12.2. The Bertz CT molecular complexity index is 422. The van der Waals surface area contributed by atoms with Crippen LogP contribution in [0.2, 0.25) is 0 Å². The first-order valence-electron chi connectivity index (χ1n) is 4.17. The fourth-order valence-electron chi connectivity index (χ4n) is 1.18. The molecule has 1 heterocycles. The van der Waals surface area contributed by atoms with Crippen LogP contribution in [-0.2, 0) is 6.67 Å². The zero-order chi connectivity index (χ0) is 9.97. The molecular weight excluding hydrogens is 183 g/mol. The molecule has 0 fully saturated rings. The van der Waals surface area contributed by atoms with Crippen molar-refractivity contribution < 1.29 is 8.91 Å². The number of alkyl halides is 1. The van der Waals surface area contributed by atoms with Gasteiger partial charge in [-0.2, -0.15) is 0 Å². The summed E-state index contributed by atoms with van der Waals surface area (Å²) in [5.74, 6) is 0.933. The third kappa shape index (κ3) is 1.59. The molecule has 3 nitrogen and oxygen atoms in total. The fourth-order valence-corrected chi connectivity index (χ4v) is 1.18. The van der Waals surface area contributed by atoms with Crippen molar-refractivity contribution in [2.45, 2.75) is 6.67 Å². The minimum absolute atomic E-state index is 0.342. The Morgan fingerprint density at radius 3 is 2.50 bits per heavy atom. The van der Waals surface area contributed by atoms with E-state index in [-0.39, 0.29) is 0 Å². The molecule has 4 heteroatoms. The largest absolute Gasteiger partial charge is 0.381 e. The van der Waals surface area contributed by atoms with Gasteiger partial charge in [-0.05, 0) is 5.56 Å². The third-order valence-electron chi connectivity index (χ3n) is 1.92. The van der Waals surface area contributed by atoms with Crippen molar-refractivity contribution in [1.82, 2.24) is 5.16 Å². The van der Waals surface area contributed by atoms with Gasteiger partial charge in [0, 0.05) is 11.6 Å². The van der Waals surface area contributed by atoms with Crippen molar-refractivity contribution in [3.63, 3.8) is 0 Å². The number of rotatable bonds is 2. The monoisotopic (exact) mass is 192 g/mol. The highest BCUT2D eigenvalue weighted by atomic mass is 19.1. The van der Waals surface area contributed by atoms with Gasteiger partial charge in [-0.15, -0.1) is 0 Å². The first-order valence-corrected chi connectivity index (χ1v) is 4.17. The molecule has 1 aromatic carbocycles. The summed E-state index contributed by atoms with van der Waals surface area (Å²) >= 11 is 0. The van der Waals surface area contributed by atoms with Gasteiger partial charge in [-0.25, -0.2) is 4.39 Å². The Morgan fingerprint density at radius 1 is 1.29 bits per heavy atom. The molecule has 0 aliphatic carbocycles. The number of anilines is 1. The molecule has 0 unspecified atom stereocenters. The summed E-state index contributed by atoms with van der Waals surface area (Å²) in [6.45, 7) is -0.460. The van der Waals surface area contributed by atoms with Crippen molar-refractivity contribution in [2.75, 3.05) is 5.73 Å². The molecule has 0 radical (unpaired) electrons. The zero-order valence-electron chi connectivity index (χ0n) is 7.40. The first kappa shape index (κ1) is 8.74. The molecule has 0 atom stereocenters. The number of aromatic nitrogens is 1. The van der Waals surface area contributed by atoms with Gasteiger partial charge in [0.1, 0.15) is 6.67 Å². The van der Waals surface area contributed by atoms with Crippen LogP contribution < -0.4 is 5.73 Å². The van der Waals surface area contributed by atoms with E-state index >= 15 is 0 Å². The number of halogens is 1. The quantitative estimate of drug-likeness (QED) is 0.794. The highest BCUT2D eigenvalue weighted by molar-refractivity contribution is 5.60. The van der Waals surface area contributed by atoms with E-state index < -0.39 is 6.67 Å². The van der Waals surface area contributed by atoms with Crippen molar-refractivity contribution in [2.24, 2.45) is 0 Å². The van der Waals surface area contributed by atoms with Crippen LogP contribution in [0.1, 0.15) is 5.56 Å². The molecule has 0 bridgehead atoms. The van der Waals surface area contributed by atoms with E-state index in [1.165, 1.54) is 0 Å². The number of nitrogen functional groups attached to an aromatic ring is 1. The van der Waals surface area contributed by atoms with E-state index in [1.807, 2.05) is 0 Å². The fraction of sp³-hybridized carbons (Fsp3) is 0.100. The Hall–Kier alpha value is -1.84. The second-order valence-electron chi connectivity index (χ2n) is 2.95. The molecule has 72 valence electrons. The van der Waals surface area contributed by atoms with Gasteiger partial charge in [-0.3, -0.25) is 0 Å². The average molecular weight is 192 g/mol. The lowest BCUT2D eigenvalue weighted by Crippen LogP contribution is -1.80. The second-order valence-corrected chi connectivity index (χ2v) is 2.95. The number of nitrogens with zero attached hydrogens (tertiary/aromatic N) is 1. The lowest BCUT2D eigenvalue weighted by Gasteiger charge is -1.96. The second kappa shape index (κ2) is 3.49. The molecule has 2 aromatic rings. The molecule has 2 rings (SSSR count). The van der Waals surface area contributed by atoms with Gasteiger partial charge in [0.15, 0.2) is 11.6 Å². The zero-order valence-corrected chi connectivity index (χ0v) is 7.40. The number of nitrogens with two attached hydrogens (primary N) is 1. The van der Waals surface area contributed by atoms with Crippen LogP contribution >= 0.6 is 0 Å². The molecule has 0 aliphatic heterocycles. The van der Waals surface area contributed by atoms with Crippen molar-refractivity contribution in [3.05, 3.63) is 35.9 Å². The Balaban J connectivity index is 2.33. The third-order valence-corrected chi connectivity index (χ3v) is 1.92. The smallest absolute Gasteiger partial charge is 0.169 e. The van der Waals surface area contributed by atoms with Crippen LogP contribution in [0.4, 0.5) is 10.2 Å². The first-order chi connectivity index (χ1) is 6.79. The van der Waals surface area contributed by atoms with Crippen LogP contribution in [0, 0.1) is 0 Å². The molecule has 2 N–H and O–H groups in total. The summed E-state index contributed by atoms with van der Waals surface area (Å²) in [5.41, 5.74) is 6.89. The standard InChI is InChI=1S/C10H9FN2O/c11-6-7-1-3-8(4-2-7)9-5-10(12)13-14-9/h1-5H,6H2,(H2,12,13). The summed E-state index contributed by atoms with van der Waals surface area (Å²) in [6.07, 6.45) is 0. The predicted octanol–water partition coefficient (Wildman–Crippen LogP) is 2.39. The number of hydrogen-bond donors (Lipinski definition) is 1. The summed E-state index contributed by atoms with van der Waals surface area (Å²) in [5, 5.41) is 3.56. The summed E-state index contributed by atoms with van der Waals surface area (Å²) in [7, 11) is 0.